The zero-order valence-corrected chi connectivity index (χ0v) is 19.7. The summed E-state index contributed by atoms with van der Waals surface area (Å²) in [5.74, 6) is -0.989. The quantitative estimate of drug-likeness (QED) is 0.197. The number of rotatable bonds is 9. The Balaban J connectivity index is 1.49. The second-order valence-corrected chi connectivity index (χ2v) is 9.16. The highest BCUT2D eigenvalue weighted by atomic mass is 32.2. The van der Waals surface area contributed by atoms with Gasteiger partial charge in [0.25, 0.3) is 5.69 Å². The van der Waals surface area contributed by atoms with E-state index in [9.17, 15) is 20.0 Å². The van der Waals surface area contributed by atoms with E-state index in [1.54, 1.807) is 12.1 Å². The minimum atomic E-state index is -0.989. The van der Waals surface area contributed by atoms with Gasteiger partial charge in [0.2, 0.25) is 5.52 Å². The van der Waals surface area contributed by atoms with Gasteiger partial charge in [-0.2, -0.15) is 4.57 Å². The molecule has 8 heteroatoms. The van der Waals surface area contributed by atoms with Gasteiger partial charge in [-0.05, 0) is 43.0 Å². The van der Waals surface area contributed by atoms with E-state index in [-0.39, 0.29) is 17.0 Å². The first-order valence-electron chi connectivity index (χ1n) is 11.1. The number of benzene rings is 2. The van der Waals surface area contributed by atoms with Crippen molar-refractivity contribution < 1.29 is 19.4 Å². The number of thioether (sulfide) groups is 1. The number of hydrogen-bond acceptors (Lipinski definition) is 6. The Morgan fingerprint density at radius 1 is 1.15 bits per heavy atom. The largest absolute Gasteiger partial charge is 0.550 e. The van der Waals surface area contributed by atoms with Crippen molar-refractivity contribution in [3.05, 3.63) is 87.6 Å². The monoisotopic (exact) mass is 475 g/mol. The van der Waals surface area contributed by atoms with E-state index in [0.717, 1.165) is 51.5 Å². The van der Waals surface area contributed by atoms with Crippen molar-refractivity contribution in [1.82, 2.24) is 0 Å². The highest BCUT2D eigenvalue weighted by Crippen LogP contribution is 2.46. The van der Waals surface area contributed by atoms with Crippen molar-refractivity contribution in [1.29, 1.82) is 0 Å². The van der Waals surface area contributed by atoms with Gasteiger partial charge in [0.15, 0.2) is 6.20 Å². The molecular weight excluding hydrogens is 450 g/mol. The summed E-state index contributed by atoms with van der Waals surface area (Å²) in [4.78, 5) is 24.2. The van der Waals surface area contributed by atoms with Crippen LogP contribution in [0.3, 0.4) is 0 Å². The van der Waals surface area contributed by atoms with E-state index in [2.05, 4.69) is 35.0 Å². The van der Waals surface area contributed by atoms with Gasteiger partial charge in [-0.3, -0.25) is 10.1 Å². The molecule has 1 aromatic heterocycles. The zero-order valence-electron chi connectivity index (χ0n) is 18.8. The van der Waals surface area contributed by atoms with Crippen LogP contribution in [0.5, 0.6) is 0 Å². The number of allylic oxidation sites excluding steroid dienone is 2. The molecule has 2 heterocycles. The summed E-state index contributed by atoms with van der Waals surface area (Å²) >= 11 is 1.52. The highest BCUT2D eigenvalue weighted by molar-refractivity contribution is 8.03. The van der Waals surface area contributed by atoms with Gasteiger partial charge < -0.3 is 14.8 Å². The summed E-state index contributed by atoms with van der Waals surface area (Å²) in [6.07, 6.45) is 10.7. The average Bonchev–Trinajstić information content (AvgIpc) is 3.14. The number of aromatic nitrogens is 1. The van der Waals surface area contributed by atoms with E-state index < -0.39 is 5.97 Å². The van der Waals surface area contributed by atoms with Crippen molar-refractivity contribution in [3.63, 3.8) is 0 Å². The lowest BCUT2D eigenvalue weighted by atomic mass is 10.1. The van der Waals surface area contributed by atoms with Crippen molar-refractivity contribution in [2.45, 2.75) is 37.1 Å². The summed E-state index contributed by atoms with van der Waals surface area (Å²) < 4.78 is 2.20. The molecule has 0 N–H and O–H groups in total. The van der Waals surface area contributed by atoms with Crippen molar-refractivity contribution in [3.8, 4) is 0 Å². The number of aliphatic carboxylic acids is 1. The van der Waals surface area contributed by atoms with Crippen molar-refractivity contribution in [2.75, 3.05) is 11.9 Å². The molecule has 0 amide bonds. The summed E-state index contributed by atoms with van der Waals surface area (Å²) in [5, 5.41) is 23.8. The van der Waals surface area contributed by atoms with Crippen LogP contribution in [0.1, 0.15) is 31.2 Å². The van der Waals surface area contributed by atoms with E-state index in [1.165, 1.54) is 17.8 Å². The van der Waals surface area contributed by atoms with E-state index in [0.29, 0.717) is 6.42 Å². The van der Waals surface area contributed by atoms with Gasteiger partial charge in [0, 0.05) is 48.6 Å². The standard InChI is InChI=1S/C26H25N3O4S/c1-27-23-14-13-20(29(32)33)18-24(23)34-25(27)11-7-8-19-15-17-28(16-6-2-3-12-26(30)31)22-10-5-4-9-21(19)22/h4-5,7-11,13-15,17-18H,2-3,6,12,16H2,1H3. The number of fused-ring (bicyclic) bond motifs is 2. The number of nitro benzene ring substituents is 1. The minimum absolute atomic E-state index is 0.0967. The highest BCUT2D eigenvalue weighted by Gasteiger charge is 2.23. The molecule has 0 spiro atoms. The van der Waals surface area contributed by atoms with Crippen LogP contribution in [-0.2, 0) is 11.3 Å². The smallest absolute Gasteiger partial charge is 0.270 e. The van der Waals surface area contributed by atoms with Gasteiger partial charge >= 0.3 is 0 Å². The number of carbonyl (C=O) groups excluding carboxylic acids is 1. The molecule has 0 radical (unpaired) electrons. The van der Waals surface area contributed by atoms with E-state index in [4.69, 9.17) is 0 Å². The lowest BCUT2D eigenvalue weighted by Gasteiger charge is -2.12. The maximum absolute atomic E-state index is 11.1. The first-order valence-corrected chi connectivity index (χ1v) is 11.9. The molecule has 174 valence electrons. The predicted octanol–water partition coefficient (Wildman–Crippen LogP) is 4.44. The lowest BCUT2D eigenvalue weighted by molar-refractivity contribution is -0.671. The van der Waals surface area contributed by atoms with Gasteiger partial charge in [-0.25, -0.2) is 0 Å². The van der Waals surface area contributed by atoms with Crippen molar-refractivity contribution >= 4 is 46.1 Å². The Hall–Kier alpha value is -3.65. The molecular formula is C26H25N3O4S. The molecule has 4 rings (SSSR count). The maximum Gasteiger partial charge on any atom is 0.270 e. The second kappa shape index (κ2) is 10.5. The normalized spacial score (nSPS) is 14.3. The third-order valence-electron chi connectivity index (χ3n) is 5.81. The van der Waals surface area contributed by atoms with Crippen molar-refractivity contribution in [2.24, 2.45) is 0 Å². The van der Waals surface area contributed by atoms with Gasteiger partial charge in [-0.15, -0.1) is 0 Å². The number of nitrogens with zero attached hydrogens (tertiary/aromatic N) is 3. The van der Waals surface area contributed by atoms with Crippen LogP contribution >= 0.6 is 11.8 Å². The molecule has 1 aliphatic rings. The molecule has 0 atom stereocenters. The molecule has 0 bridgehead atoms. The number of non-ortho nitro benzene ring substituents is 1. The Morgan fingerprint density at radius 3 is 2.76 bits per heavy atom. The molecule has 34 heavy (non-hydrogen) atoms. The number of carbonyl (C=O) groups is 1. The SMILES string of the molecule is CN1/C(=C\C=C\c2cc[n+](CCCCCC(=O)[O-])c3ccccc23)Sc2cc([N+](=O)[O-])ccc21. The third-order valence-corrected chi connectivity index (χ3v) is 6.98. The molecule has 1 aliphatic heterocycles. The van der Waals surface area contributed by atoms with Gasteiger partial charge in [-0.1, -0.05) is 36.0 Å². The number of para-hydroxylation sites is 1. The fraction of sp³-hybridized carbons (Fsp3) is 0.231. The van der Waals surface area contributed by atoms with E-state index >= 15 is 0 Å². The van der Waals surface area contributed by atoms with Gasteiger partial charge in [0.05, 0.1) is 21.0 Å². The van der Waals surface area contributed by atoms with Crippen LogP contribution in [0.2, 0.25) is 0 Å². The Labute approximate surface area is 202 Å². The Morgan fingerprint density at radius 2 is 1.97 bits per heavy atom. The number of carboxylic acid groups (broad SMARTS) is 1. The van der Waals surface area contributed by atoms with E-state index in [1.807, 2.05) is 36.2 Å². The molecule has 0 aliphatic carbocycles. The first kappa shape index (κ1) is 23.5. The lowest BCUT2D eigenvalue weighted by Crippen LogP contribution is -2.34. The fourth-order valence-corrected chi connectivity index (χ4v) is 5.13. The molecule has 0 unspecified atom stereocenters. The number of carboxylic acids is 1. The third kappa shape index (κ3) is 5.28. The number of hydrogen-bond donors (Lipinski definition) is 0. The Bertz CT molecular complexity index is 1300. The molecule has 7 nitrogen and oxygen atoms in total. The van der Waals surface area contributed by atoms with Crippen LogP contribution in [0, 0.1) is 10.1 Å². The van der Waals surface area contributed by atoms with Gasteiger partial charge in [0.1, 0.15) is 6.54 Å². The molecule has 3 aromatic rings. The topological polar surface area (TPSA) is 90.4 Å². The summed E-state index contributed by atoms with van der Waals surface area (Å²) in [6.45, 7) is 0.827. The fourth-order valence-electron chi connectivity index (χ4n) is 4.03. The summed E-state index contributed by atoms with van der Waals surface area (Å²) in [5.41, 5.74) is 3.28. The minimum Gasteiger partial charge on any atom is -0.550 e. The summed E-state index contributed by atoms with van der Waals surface area (Å²) in [7, 11) is 1.96. The van der Waals surface area contributed by atoms with Crippen LogP contribution < -0.4 is 14.6 Å². The number of unbranched alkanes of at least 4 members (excludes halogenated alkanes) is 2. The zero-order chi connectivity index (χ0) is 24.1. The molecule has 2 aromatic carbocycles. The number of aryl methyl sites for hydroxylation is 1. The van der Waals surface area contributed by atoms with Crippen LogP contribution in [-0.4, -0.2) is 17.9 Å². The predicted molar refractivity (Wildman–Crippen MR) is 132 cm³/mol. The maximum atomic E-state index is 11.1. The molecule has 0 saturated heterocycles. The number of anilines is 1. The molecule has 0 fully saturated rings. The Kier molecular flexibility index (Phi) is 7.27. The van der Waals surface area contributed by atoms with Crippen LogP contribution in [0.15, 0.2) is 76.8 Å². The first-order chi connectivity index (χ1) is 16.4. The molecule has 0 saturated carbocycles. The number of pyridine rings is 1. The second-order valence-electron chi connectivity index (χ2n) is 8.10. The number of nitro groups is 1. The average molecular weight is 476 g/mol. The van der Waals surface area contributed by atoms with Crippen LogP contribution in [0.4, 0.5) is 11.4 Å². The summed E-state index contributed by atoms with van der Waals surface area (Å²) in [6, 6.07) is 15.2. The van der Waals surface area contributed by atoms with Crippen LogP contribution in [0.25, 0.3) is 17.0 Å².